The molecule has 0 spiro atoms. The maximum absolute atomic E-state index is 12.1. The van der Waals surface area contributed by atoms with E-state index in [-0.39, 0.29) is 29.5 Å². The molecule has 0 saturated carbocycles. The van der Waals surface area contributed by atoms with Gasteiger partial charge in [-0.05, 0) is 36.8 Å². The van der Waals surface area contributed by atoms with Gasteiger partial charge in [-0.1, -0.05) is 0 Å². The van der Waals surface area contributed by atoms with Crippen molar-refractivity contribution in [1.82, 2.24) is 0 Å². The molecule has 0 aliphatic rings. The quantitative estimate of drug-likeness (QED) is 0.192. The summed E-state index contributed by atoms with van der Waals surface area (Å²) in [7, 11) is -3.79. The molecule has 0 unspecified atom stereocenters. The summed E-state index contributed by atoms with van der Waals surface area (Å²) in [4.78, 5) is 34.1. The van der Waals surface area contributed by atoms with Crippen LogP contribution in [-0.2, 0) is 28.9 Å². The van der Waals surface area contributed by atoms with Crippen molar-refractivity contribution in [2.45, 2.75) is 25.7 Å². The largest absolute Gasteiger partial charge is 0.464 e. The SMILES string of the molecule is CC(=O)OCCN(CCOC(C)=O)c1ccc(/N=N/c2ccc([N+](=O)[O-])cc2S(C)(=O)=O)c(C)c1. The highest BCUT2D eigenvalue weighted by molar-refractivity contribution is 7.90. The average Bonchev–Trinajstić information content (AvgIpc) is 2.76. The van der Waals surface area contributed by atoms with Crippen LogP contribution >= 0.6 is 0 Å². The van der Waals surface area contributed by atoms with E-state index in [1.807, 2.05) is 11.0 Å². The minimum absolute atomic E-state index is 0.0223. The fourth-order valence-electron chi connectivity index (χ4n) is 3.02. The molecule has 2 aromatic rings. The number of benzene rings is 2. The number of hydrogen-bond acceptors (Lipinski definition) is 11. The second kappa shape index (κ2) is 12.0. The molecule has 0 aromatic heterocycles. The van der Waals surface area contributed by atoms with Crippen molar-refractivity contribution in [3.05, 3.63) is 52.1 Å². The maximum atomic E-state index is 12.1. The molecule has 0 fully saturated rings. The first-order valence-corrected chi connectivity index (χ1v) is 12.3. The molecule has 2 aromatic carbocycles. The fourth-order valence-corrected chi connectivity index (χ4v) is 3.84. The van der Waals surface area contributed by atoms with Gasteiger partial charge in [0, 0.05) is 37.9 Å². The average molecular weight is 507 g/mol. The Bertz CT molecular complexity index is 1220. The van der Waals surface area contributed by atoms with E-state index >= 15 is 0 Å². The summed E-state index contributed by atoms with van der Waals surface area (Å²) in [6.45, 7) is 5.42. The van der Waals surface area contributed by atoms with Crippen molar-refractivity contribution >= 4 is 44.5 Å². The molecule has 0 amide bonds. The van der Waals surface area contributed by atoms with E-state index in [4.69, 9.17) is 9.47 Å². The van der Waals surface area contributed by atoms with Crippen LogP contribution in [0.2, 0.25) is 0 Å². The monoisotopic (exact) mass is 506 g/mol. The van der Waals surface area contributed by atoms with Crippen LogP contribution in [0.5, 0.6) is 0 Å². The first-order chi connectivity index (χ1) is 16.4. The third kappa shape index (κ3) is 8.45. The lowest BCUT2D eigenvalue weighted by Gasteiger charge is -2.25. The van der Waals surface area contributed by atoms with Gasteiger partial charge in [0.15, 0.2) is 9.84 Å². The summed E-state index contributed by atoms with van der Waals surface area (Å²) in [5, 5.41) is 19.1. The summed E-state index contributed by atoms with van der Waals surface area (Å²) < 4.78 is 34.2. The number of anilines is 1. The van der Waals surface area contributed by atoms with E-state index in [2.05, 4.69) is 10.2 Å². The lowest BCUT2D eigenvalue weighted by molar-refractivity contribution is -0.385. The smallest absolute Gasteiger partial charge is 0.302 e. The Balaban J connectivity index is 2.30. The Kier molecular flexibility index (Phi) is 9.40. The van der Waals surface area contributed by atoms with Crippen LogP contribution in [0.1, 0.15) is 19.4 Å². The fraction of sp³-hybridized carbons (Fsp3) is 0.364. The molecule has 188 valence electrons. The molecular weight excluding hydrogens is 480 g/mol. The second-order valence-corrected chi connectivity index (χ2v) is 9.50. The molecule has 12 nitrogen and oxygen atoms in total. The summed E-state index contributed by atoms with van der Waals surface area (Å²) >= 11 is 0. The van der Waals surface area contributed by atoms with E-state index in [1.54, 1.807) is 19.1 Å². The molecule has 0 saturated heterocycles. The maximum Gasteiger partial charge on any atom is 0.302 e. The number of ether oxygens (including phenoxy) is 2. The third-order valence-corrected chi connectivity index (χ3v) is 5.82. The number of non-ortho nitro benzene ring substituents is 1. The Morgan fingerprint density at radius 2 is 1.51 bits per heavy atom. The lowest BCUT2D eigenvalue weighted by Crippen LogP contribution is -2.31. The molecule has 0 heterocycles. The molecule has 0 aliphatic heterocycles. The number of carbonyl (C=O) groups is 2. The van der Waals surface area contributed by atoms with Crippen molar-refractivity contribution in [2.24, 2.45) is 10.2 Å². The number of nitro benzene ring substituents is 1. The van der Waals surface area contributed by atoms with Crippen molar-refractivity contribution in [2.75, 3.05) is 37.5 Å². The van der Waals surface area contributed by atoms with Crippen LogP contribution in [0.3, 0.4) is 0 Å². The Morgan fingerprint density at radius 1 is 0.971 bits per heavy atom. The number of nitro groups is 1. The number of rotatable bonds is 11. The molecule has 35 heavy (non-hydrogen) atoms. The Hall–Kier alpha value is -3.87. The van der Waals surface area contributed by atoms with Gasteiger partial charge in [-0.25, -0.2) is 8.42 Å². The summed E-state index contributed by atoms with van der Waals surface area (Å²) in [5.41, 5.74) is 1.52. The number of sulfone groups is 1. The number of nitrogens with zero attached hydrogens (tertiary/aromatic N) is 4. The predicted octanol–water partition coefficient (Wildman–Crippen LogP) is 3.65. The van der Waals surface area contributed by atoms with Gasteiger partial charge in [-0.2, -0.15) is 5.11 Å². The minimum Gasteiger partial charge on any atom is -0.464 e. The Labute approximate surface area is 202 Å². The second-order valence-electron chi connectivity index (χ2n) is 7.52. The number of aryl methyl sites for hydroxylation is 1. The van der Waals surface area contributed by atoms with Crippen LogP contribution in [0, 0.1) is 17.0 Å². The first-order valence-electron chi connectivity index (χ1n) is 10.4. The molecule has 0 N–H and O–H groups in total. The van der Waals surface area contributed by atoms with Gasteiger partial charge in [0.2, 0.25) is 0 Å². The lowest BCUT2D eigenvalue weighted by atomic mass is 10.1. The molecule has 0 aliphatic carbocycles. The van der Waals surface area contributed by atoms with Crippen LogP contribution in [0.25, 0.3) is 0 Å². The van der Waals surface area contributed by atoms with Crippen molar-refractivity contribution in [1.29, 1.82) is 0 Å². The first kappa shape index (κ1) is 27.4. The van der Waals surface area contributed by atoms with Crippen LogP contribution in [0.4, 0.5) is 22.7 Å². The number of carbonyl (C=O) groups excluding carboxylic acids is 2. The van der Waals surface area contributed by atoms with Gasteiger partial charge in [0.05, 0.1) is 23.7 Å². The summed E-state index contributed by atoms with van der Waals surface area (Å²) in [6, 6.07) is 8.56. The molecule has 0 radical (unpaired) electrons. The predicted molar refractivity (Wildman–Crippen MR) is 127 cm³/mol. The highest BCUT2D eigenvalue weighted by Crippen LogP contribution is 2.31. The standard InChI is InChI=1S/C22H26N4O8S/c1-15-13-18(25(9-11-33-16(2)27)10-12-34-17(3)28)5-7-20(15)23-24-21-8-6-19(26(29)30)14-22(21)35(4,31)32/h5-8,13-14H,9-12H2,1-4H3/b24-23+. The molecular formula is C22H26N4O8S. The van der Waals surface area contributed by atoms with Gasteiger partial charge in [-0.15, -0.1) is 5.11 Å². The van der Waals surface area contributed by atoms with Crippen LogP contribution in [-0.4, -0.2) is 57.8 Å². The van der Waals surface area contributed by atoms with E-state index in [9.17, 15) is 28.1 Å². The highest BCUT2D eigenvalue weighted by Gasteiger charge is 2.18. The molecule has 13 heteroatoms. The third-order valence-electron chi connectivity index (χ3n) is 4.70. The van der Waals surface area contributed by atoms with E-state index in [1.165, 1.54) is 19.9 Å². The zero-order valence-electron chi connectivity index (χ0n) is 19.8. The number of azo groups is 1. The van der Waals surface area contributed by atoms with E-state index < -0.39 is 26.7 Å². The van der Waals surface area contributed by atoms with Crippen LogP contribution < -0.4 is 4.90 Å². The Morgan fingerprint density at radius 3 is 2.00 bits per heavy atom. The summed E-state index contributed by atoms with van der Waals surface area (Å²) in [6.07, 6.45) is 0.936. The van der Waals surface area contributed by atoms with E-state index in [0.29, 0.717) is 24.3 Å². The van der Waals surface area contributed by atoms with Crippen LogP contribution in [0.15, 0.2) is 51.5 Å². The molecule has 2 rings (SSSR count). The number of hydrogen-bond donors (Lipinski definition) is 0. The van der Waals surface area contributed by atoms with Gasteiger partial charge in [0.1, 0.15) is 23.8 Å². The normalized spacial score (nSPS) is 11.3. The summed E-state index contributed by atoms with van der Waals surface area (Å²) in [5.74, 6) is -0.812. The van der Waals surface area contributed by atoms with Gasteiger partial charge < -0.3 is 14.4 Å². The van der Waals surface area contributed by atoms with Gasteiger partial charge in [0.25, 0.3) is 5.69 Å². The molecule has 0 atom stereocenters. The van der Waals surface area contributed by atoms with Gasteiger partial charge >= 0.3 is 11.9 Å². The van der Waals surface area contributed by atoms with Crippen molar-refractivity contribution in [3.8, 4) is 0 Å². The minimum atomic E-state index is -3.79. The zero-order valence-corrected chi connectivity index (χ0v) is 20.6. The number of esters is 2. The zero-order chi connectivity index (χ0) is 26.2. The molecule has 0 bridgehead atoms. The topological polar surface area (TPSA) is 158 Å². The van der Waals surface area contributed by atoms with Crippen molar-refractivity contribution in [3.63, 3.8) is 0 Å². The van der Waals surface area contributed by atoms with Crippen molar-refractivity contribution < 1.29 is 32.4 Å². The highest BCUT2D eigenvalue weighted by atomic mass is 32.2. The van der Waals surface area contributed by atoms with E-state index in [0.717, 1.165) is 24.1 Å². The van der Waals surface area contributed by atoms with Gasteiger partial charge in [-0.3, -0.25) is 19.7 Å².